The van der Waals surface area contributed by atoms with Crippen LogP contribution in [0.4, 0.5) is 0 Å². The first kappa shape index (κ1) is 20.0. The van der Waals surface area contributed by atoms with Crippen LogP contribution in [0.5, 0.6) is 0 Å². The zero-order valence-electron chi connectivity index (χ0n) is 11.1. The van der Waals surface area contributed by atoms with Crippen LogP contribution in [0.25, 0.3) is 0 Å². The van der Waals surface area contributed by atoms with Crippen LogP contribution in [-0.4, -0.2) is 31.0 Å². The van der Waals surface area contributed by atoms with Gasteiger partial charge in [0.15, 0.2) is 0 Å². The Bertz CT molecular complexity index is 363. The van der Waals surface area contributed by atoms with Gasteiger partial charge in [0.05, 0.1) is 11.2 Å². The molecular formula is C11H21Cl2N3OS. The first-order valence-electron chi connectivity index (χ1n) is 5.33. The first-order valence-corrected chi connectivity index (χ1v) is 6.21. The molecule has 0 aliphatic heterocycles. The molecule has 0 fully saturated rings. The lowest BCUT2D eigenvalue weighted by molar-refractivity contribution is 0.0956. The van der Waals surface area contributed by atoms with Gasteiger partial charge < -0.3 is 10.6 Å². The van der Waals surface area contributed by atoms with Gasteiger partial charge in [0.2, 0.25) is 0 Å². The number of hydrogen-bond donors (Lipinski definition) is 2. The number of hydrogen-bond acceptors (Lipinski definition) is 4. The Labute approximate surface area is 125 Å². The molecule has 0 atom stereocenters. The van der Waals surface area contributed by atoms with Crippen LogP contribution in [0, 0.1) is 0 Å². The maximum atomic E-state index is 11.9. The molecule has 18 heavy (non-hydrogen) atoms. The summed E-state index contributed by atoms with van der Waals surface area (Å²) in [7, 11) is 1.86. The predicted molar refractivity (Wildman–Crippen MR) is 81.6 cm³/mol. The first-order chi connectivity index (χ1) is 7.46. The maximum absolute atomic E-state index is 11.9. The number of nitrogens with zero attached hydrogens (tertiary/aromatic N) is 1. The molecular weight excluding hydrogens is 293 g/mol. The summed E-state index contributed by atoms with van der Waals surface area (Å²) in [4.78, 5) is 16.9. The normalized spacial score (nSPS) is 10.2. The topological polar surface area (TPSA) is 54.0 Å². The van der Waals surface area contributed by atoms with Gasteiger partial charge in [-0.2, -0.15) is 0 Å². The molecule has 1 amide bonds. The maximum Gasteiger partial charge on any atom is 0.263 e. The number of rotatable bonds is 4. The minimum Gasteiger partial charge on any atom is -0.350 e. The van der Waals surface area contributed by atoms with Gasteiger partial charge in [-0.25, -0.2) is 4.98 Å². The quantitative estimate of drug-likeness (QED) is 0.838. The molecule has 106 valence electrons. The van der Waals surface area contributed by atoms with Crippen molar-refractivity contribution in [3.8, 4) is 0 Å². The molecule has 0 aliphatic rings. The average molecular weight is 314 g/mol. The monoisotopic (exact) mass is 313 g/mol. The van der Waals surface area contributed by atoms with Gasteiger partial charge in [0, 0.05) is 18.5 Å². The lowest BCUT2D eigenvalue weighted by atomic mass is 9.91. The molecule has 0 saturated carbocycles. The minimum atomic E-state index is -0.0876. The Morgan fingerprint density at radius 2 is 1.94 bits per heavy atom. The largest absolute Gasteiger partial charge is 0.350 e. The lowest BCUT2D eigenvalue weighted by Crippen LogP contribution is -2.31. The number of halogens is 2. The summed E-state index contributed by atoms with van der Waals surface area (Å²) < 4.78 is 0. The van der Waals surface area contributed by atoms with E-state index in [1.54, 1.807) is 5.51 Å². The molecule has 0 bridgehead atoms. The van der Waals surface area contributed by atoms with Gasteiger partial charge in [-0.1, -0.05) is 20.8 Å². The Morgan fingerprint density at radius 3 is 2.44 bits per heavy atom. The molecule has 0 aromatic carbocycles. The Balaban J connectivity index is 0. The van der Waals surface area contributed by atoms with Crippen LogP contribution in [-0.2, 0) is 5.41 Å². The van der Waals surface area contributed by atoms with E-state index in [1.807, 2.05) is 7.05 Å². The summed E-state index contributed by atoms with van der Waals surface area (Å²) >= 11 is 1.40. The van der Waals surface area contributed by atoms with E-state index < -0.39 is 0 Å². The van der Waals surface area contributed by atoms with Crippen molar-refractivity contribution in [2.24, 2.45) is 0 Å². The summed E-state index contributed by atoms with van der Waals surface area (Å²) in [5.41, 5.74) is 2.52. The van der Waals surface area contributed by atoms with E-state index in [1.165, 1.54) is 11.3 Å². The molecule has 0 aliphatic carbocycles. The summed E-state index contributed by atoms with van der Waals surface area (Å²) in [6.07, 6.45) is 0. The van der Waals surface area contributed by atoms with Crippen molar-refractivity contribution in [1.29, 1.82) is 0 Å². The average Bonchev–Trinajstić information content (AvgIpc) is 2.65. The highest BCUT2D eigenvalue weighted by Gasteiger charge is 2.24. The van der Waals surface area contributed by atoms with Gasteiger partial charge in [0.1, 0.15) is 4.88 Å². The summed E-state index contributed by atoms with van der Waals surface area (Å²) in [5, 5.41) is 5.85. The van der Waals surface area contributed by atoms with Crippen molar-refractivity contribution >= 4 is 42.1 Å². The lowest BCUT2D eigenvalue weighted by Gasteiger charge is -2.17. The smallest absolute Gasteiger partial charge is 0.263 e. The Morgan fingerprint density at radius 1 is 1.33 bits per heavy atom. The minimum absolute atomic E-state index is 0. The zero-order chi connectivity index (χ0) is 12.2. The standard InChI is InChI=1S/C11H19N3OS.2ClH/c1-11(2,3)9-8(16-7-14-9)10(15)13-6-5-12-4;;/h7,12H,5-6H2,1-4H3,(H,13,15);2*1H. The van der Waals surface area contributed by atoms with Crippen molar-refractivity contribution < 1.29 is 4.79 Å². The molecule has 0 radical (unpaired) electrons. The van der Waals surface area contributed by atoms with E-state index in [2.05, 4.69) is 36.4 Å². The molecule has 7 heteroatoms. The third kappa shape index (κ3) is 5.52. The number of likely N-dealkylation sites (N-methyl/N-ethyl adjacent to an activating group) is 1. The number of carbonyl (C=O) groups is 1. The number of thiazole rings is 1. The second kappa shape index (κ2) is 8.69. The number of amides is 1. The van der Waals surface area contributed by atoms with Crippen LogP contribution >= 0.6 is 36.2 Å². The molecule has 1 heterocycles. The molecule has 4 nitrogen and oxygen atoms in total. The third-order valence-corrected chi connectivity index (χ3v) is 2.97. The molecule has 1 aromatic rings. The number of carbonyl (C=O) groups excluding carboxylic acids is 1. The van der Waals surface area contributed by atoms with Gasteiger partial charge in [0.25, 0.3) is 5.91 Å². The van der Waals surface area contributed by atoms with Crippen molar-refractivity contribution in [2.45, 2.75) is 26.2 Å². The van der Waals surface area contributed by atoms with Gasteiger partial charge in [-0.05, 0) is 7.05 Å². The van der Waals surface area contributed by atoms with E-state index in [4.69, 9.17) is 0 Å². The van der Waals surface area contributed by atoms with Gasteiger partial charge in [-0.15, -0.1) is 36.2 Å². The summed E-state index contributed by atoms with van der Waals surface area (Å²) in [5.74, 6) is -0.0253. The van der Waals surface area contributed by atoms with Crippen LogP contribution in [0.3, 0.4) is 0 Å². The van der Waals surface area contributed by atoms with Crippen molar-refractivity contribution in [3.63, 3.8) is 0 Å². The molecule has 0 saturated heterocycles. The van der Waals surface area contributed by atoms with Crippen molar-refractivity contribution in [1.82, 2.24) is 15.6 Å². The molecule has 0 spiro atoms. The highest BCUT2D eigenvalue weighted by Crippen LogP contribution is 2.26. The van der Waals surface area contributed by atoms with Crippen LogP contribution in [0.2, 0.25) is 0 Å². The SMILES string of the molecule is CNCCNC(=O)c1scnc1C(C)(C)C.Cl.Cl. The van der Waals surface area contributed by atoms with E-state index in [9.17, 15) is 4.79 Å². The highest BCUT2D eigenvalue weighted by atomic mass is 35.5. The fraction of sp³-hybridized carbons (Fsp3) is 0.636. The third-order valence-electron chi connectivity index (χ3n) is 2.14. The molecule has 1 aromatic heterocycles. The molecule has 1 rings (SSSR count). The fourth-order valence-corrected chi connectivity index (χ4v) is 2.24. The van der Waals surface area contributed by atoms with Crippen LogP contribution in [0.1, 0.15) is 36.1 Å². The second-order valence-electron chi connectivity index (χ2n) is 4.64. The second-order valence-corrected chi connectivity index (χ2v) is 5.49. The summed E-state index contributed by atoms with van der Waals surface area (Å²) in [6, 6.07) is 0. The van der Waals surface area contributed by atoms with Gasteiger partial charge >= 0.3 is 0 Å². The van der Waals surface area contributed by atoms with E-state index >= 15 is 0 Å². The number of nitrogens with one attached hydrogen (secondary N) is 2. The molecule has 0 unspecified atom stereocenters. The van der Waals surface area contributed by atoms with Crippen molar-refractivity contribution in [2.75, 3.05) is 20.1 Å². The zero-order valence-corrected chi connectivity index (χ0v) is 13.5. The molecule has 2 N–H and O–H groups in total. The highest BCUT2D eigenvalue weighted by molar-refractivity contribution is 7.11. The Hall–Kier alpha value is -0.360. The van der Waals surface area contributed by atoms with E-state index in [-0.39, 0.29) is 36.1 Å². The van der Waals surface area contributed by atoms with E-state index in [0.717, 1.165) is 17.1 Å². The number of aromatic nitrogens is 1. The van der Waals surface area contributed by atoms with Crippen LogP contribution in [0.15, 0.2) is 5.51 Å². The van der Waals surface area contributed by atoms with Crippen LogP contribution < -0.4 is 10.6 Å². The van der Waals surface area contributed by atoms with E-state index in [0.29, 0.717) is 6.54 Å². The fourth-order valence-electron chi connectivity index (χ4n) is 1.32. The van der Waals surface area contributed by atoms with Crippen molar-refractivity contribution in [3.05, 3.63) is 16.1 Å². The Kier molecular flexibility index (Phi) is 9.64. The summed E-state index contributed by atoms with van der Waals surface area (Å²) in [6.45, 7) is 7.59. The van der Waals surface area contributed by atoms with Gasteiger partial charge in [-0.3, -0.25) is 4.79 Å². The predicted octanol–water partition coefficient (Wildman–Crippen LogP) is 2.23.